The Kier molecular flexibility index (Phi) is 6.46. The fraction of sp³-hybridized carbons (Fsp3) is 0.818. The van der Waals surface area contributed by atoms with E-state index in [0.717, 1.165) is 6.92 Å². The molecule has 6 atom stereocenters. The average molecular weight is 358 g/mol. The van der Waals surface area contributed by atoms with Crippen LogP contribution in [0.5, 0.6) is 0 Å². The Morgan fingerprint density at radius 1 is 1.52 bits per heavy atom. The van der Waals surface area contributed by atoms with Gasteiger partial charge in [0.1, 0.15) is 18.3 Å². The lowest BCUT2D eigenvalue weighted by molar-refractivity contribution is -0.268. The second kappa shape index (κ2) is 7.36. The number of amides is 1. The van der Waals surface area contributed by atoms with Crippen molar-refractivity contribution in [2.75, 3.05) is 6.61 Å². The van der Waals surface area contributed by atoms with Gasteiger partial charge in [-0.15, -0.1) is 0 Å². The van der Waals surface area contributed by atoms with Gasteiger partial charge in [0.25, 0.3) is 0 Å². The number of aliphatic hydroxyl groups is 4. The lowest BCUT2D eigenvalue weighted by Crippen LogP contribution is -2.65. The molecule has 135 valence electrons. The highest BCUT2D eigenvalue weighted by molar-refractivity contribution is 7.80. The highest BCUT2D eigenvalue weighted by Crippen LogP contribution is 2.33. The zero-order valence-electron chi connectivity index (χ0n) is 12.2. The maximum atomic E-state index is 11.2. The van der Waals surface area contributed by atoms with Crippen LogP contribution in [0.2, 0.25) is 0 Å². The van der Waals surface area contributed by atoms with Crippen LogP contribution < -0.4 is 5.32 Å². The first kappa shape index (κ1) is 20.2. The Balaban J connectivity index is 3.11. The van der Waals surface area contributed by atoms with Gasteiger partial charge in [-0.1, -0.05) is 0 Å². The van der Waals surface area contributed by atoms with Crippen LogP contribution in [0.4, 0.5) is 0 Å². The molecule has 0 aromatic carbocycles. The Bertz CT molecular complexity index is 525. The van der Waals surface area contributed by atoms with Crippen LogP contribution in [0.25, 0.3) is 0 Å². The minimum atomic E-state index is -5.00. The highest BCUT2D eigenvalue weighted by Gasteiger charge is 2.51. The molecular weight excluding hydrogens is 338 g/mol. The summed E-state index contributed by atoms with van der Waals surface area (Å²) in [6, 6.07) is -1.25. The van der Waals surface area contributed by atoms with Crippen LogP contribution in [0.1, 0.15) is 13.3 Å². The lowest BCUT2D eigenvalue weighted by Gasteiger charge is -2.46. The maximum Gasteiger partial charge on any atom is 0.400 e. The van der Waals surface area contributed by atoms with E-state index < -0.39 is 65.6 Å². The number of carbonyl (C=O) groups excluding carboxylic acids is 1. The number of nitrogens with one attached hydrogen (secondary N) is 1. The van der Waals surface area contributed by atoms with Crippen molar-refractivity contribution in [3.63, 3.8) is 0 Å². The molecule has 1 saturated heterocycles. The zero-order valence-corrected chi connectivity index (χ0v) is 13.0. The van der Waals surface area contributed by atoms with E-state index in [9.17, 15) is 28.5 Å². The fourth-order valence-electron chi connectivity index (χ4n) is 2.30. The van der Waals surface area contributed by atoms with Crippen molar-refractivity contribution in [2.24, 2.45) is 0 Å². The van der Waals surface area contributed by atoms with Crippen LogP contribution in [0.3, 0.4) is 0 Å². The molecule has 1 amide bonds. The van der Waals surface area contributed by atoms with Gasteiger partial charge in [-0.2, -0.15) is 8.42 Å². The van der Waals surface area contributed by atoms with Gasteiger partial charge in [0.05, 0.1) is 18.8 Å². The van der Waals surface area contributed by atoms with Crippen molar-refractivity contribution in [1.82, 2.24) is 5.32 Å². The van der Waals surface area contributed by atoms with E-state index in [4.69, 9.17) is 14.4 Å². The molecule has 1 aliphatic heterocycles. The van der Waals surface area contributed by atoms with E-state index >= 15 is 0 Å². The van der Waals surface area contributed by atoms with Crippen LogP contribution >= 0.6 is 0 Å². The molecule has 0 unspecified atom stereocenters. The summed E-state index contributed by atoms with van der Waals surface area (Å²) in [5.41, 5.74) is 0. The van der Waals surface area contributed by atoms with Crippen molar-refractivity contribution < 1.29 is 47.1 Å². The molecule has 1 fully saturated rings. The first-order valence-electron chi connectivity index (χ1n) is 6.52. The normalized spacial score (nSPS) is 34.7. The van der Waals surface area contributed by atoms with Gasteiger partial charge in [0.15, 0.2) is 5.79 Å². The van der Waals surface area contributed by atoms with E-state index in [1.54, 1.807) is 0 Å². The second-order valence-electron chi connectivity index (χ2n) is 5.24. The quantitative estimate of drug-likeness (QED) is 0.263. The lowest BCUT2D eigenvalue weighted by atomic mass is 9.89. The fourth-order valence-corrected chi connectivity index (χ4v) is 2.79. The molecule has 12 heteroatoms. The minimum absolute atomic E-state index is 0.573. The molecule has 0 aromatic heterocycles. The van der Waals surface area contributed by atoms with Gasteiger partial charge in [-0.05, 0) is 0 Å². The number of hydrogen-bond donors (Lipinski definition) is 6. The predicted molar refractivity (Wildman–Crippen MR) is 72.9 cm³/mol. The summed E-state index contributed by atoms with van der Waals surface area (Å²) in [5.74, 6) is -2.90. The van der Waals surface area contributed by atoms with Gasteiger partial charge in [0.2, 0.25) is 5.91 Å². The number of aliphatic hydroxyl groups excluding tert-OH is 4. The monoisotopic (exact) mass is 358 g/mol. The molecule has 23 heavy (non-hydrogen) atoms. The zero-order chi connectivity index (χ0) is 18.0. The predicted octanol–water partition coefficient (Wildman–Crippen LogP) is -3.30. The number of hydrogen-bond acceptors (Lipinski definition) is 9. The van der Waals surface area contributed by atoms with Crippen molar-refractivity contribution in [3.8, 4) is 0 Å². The van der Waals surface area contributed by atoms with E-state index in [1.807, 2.05) is 0 Å². The molecule has 1 aliphatic rings. The molecule has 11 nitrogen and oxygen atoms in total. The van der Waals surface area contributed by atoms with Crippen LogP contribution in [-0.4, -0.2) is 82.2 Å². The summed E-state index contributed by atoms with van der Waals surface area (Å²) in [4.78, 5) is 11.2. The van der Waals surface area contributed by atoms with E-state index in [1.165, 1.54) is 0 Å². The maximum absolute atomic E-state index is 11.2. The van der Waals surface area contributed by atoms with Crippen LogP contribution in [0, 0.1) is 6.92 Å². The summed E-state index contributed by atoms with van der Waals surface area (Å²) in [6.45, 7) is 3.54. The van der Waals surface area contributed by atoms with Crippen molar-refractivity contribution >= 4 is 16.3 Å². The third-order valence-electron chi connectivity index (χ3n) is 3.18. The van der Waals surface area contributed by atoms with Gasteiger partial charge in [0, 0.05) is 20.3 Å². The SMILES string of the molecule is [CH2][C@]1(OS(=O)(=O)O)C[C@H](O)[C@@H](NC(C)=O)[C@H]([C@H](O)[C@H](O)CO)O1. The summed E-state index contributed by atoms with van der Waals surface area (Å²) in [5, 5.41) is 40.7. The summed E-state index contributed by atoms with van der Waals surface area (Å²) >= 11 is 0. The molecule has 0 aromatic rings. The van der Waals surface area contributed by atoms with Crippen molar-refractivity contribution in [1.29, 1.82) is 0 Å². The molecule has 0 aliphatic carbocycles. The summed E-state index contributed by atoms with van der Waals surface area (Å²) < 4.78 is 39.8. The molecule has 1 rings (SSSR count). The third-order valence-corrected chi connectivity index (χ3v) is 3.70. The average Bonchev–Trinajstić information content (AvgIpc) is 2.37. The molecular formula is C11H20NO10S. The van der Waals surface area contributed by atoms with Gasteiger partial charge >= 0.3 is 10.4 Å². The van der Waals surface area contributed by atoms with Gasteiger partial charge in [-0.25, -0.2) is 4.18 Å². The molecule has 0 saturated carbocycles. The number of ether oxygens (including phenoxy) is 1. The summed E-state index contributed by atoms with van der Waals surface area (Å²) in [7, 11) is -5.00. The Labute approximate surface area is 132 Å². The summed E-state index contributed by atoms with van der Waals surface area (Å²) in [6.07, 6.45) is -7.17. The third kappa shape index (κ3) is 5.61. The Morgan fingerprint density at radius 2 is 2.09 bits per heavy atom. The van der Waals surface area contributed by atoms with Crippen LogP contribution in [0.15, 0.2) is 0 Å². The molecule has 0 bridgehead atoms. The standard InChI is InChI=1S/C11H20NO10S/c1-5(14)12-8-6(15)3-11(2,22-23(18,19)20)21-10(8)9(17)7(16)4-13/h6-10,13,15-17H,2-4H2,1H3,(H,12,14)(H,18,19,20)/t6-,7+,8+,9+,10+,11-/m0/s1. The van der Waals surface area contributed by atoms with E-state index in [-0.39, 0.29) is 0 Å². The highest BCUT2D eigenvalue weighted by atomic mass is 32.3. The van der Waals surface area contributed by atoms with E-state index in [2.05, 4.69) is 16.4 Å². The first-order chi connectivity index (χ1) is 10.4. The van der Waals surface area contributed by atoms with Gasteiger partial charge in [-0.3, -0.25) is 9.35 Å². The van der Waals surface area contributed by atoms with Gasteiger partial charge < -0.3 is 30.5 Å². The smallest absolute Gasteiger partial charge is 0.394 e. The Hall–Kier alpha value is -0.860. The number of rotatable bonds is 6. The topological polar surface area (TPSA) is 183 Å². The molecule has 1 radical (unpaired) electrons. The van der Waals surface area contributed by atoms with E-state index in [0.29, 0.717) is 0 Å². The van der Waals surface area contributed by atoms with Crippen molar-refractivity contribution in [2.45, 2.75) is 49.6 Å². The minimum Gasteiger partial charge on any atom is -0.394 e. The van der Waals surface area contributed by atoms with Crippen molar-refractivity contribution in [3.05, 3.63) is 6.92 Å². The first-order valence-corrected chi connectivity index (χ1v) is 7.88. The second-order valence-corrected chi connectivity index (χ2v) is 6.26. The molecule has 0 spiro atoms. The molecule has 6 N–H and O–H groups in total. The Morgan fingerprint density at radius 3 is 2.52 bits per heavy atom. The largest absolute Gasteiger partial charge is 0.400 e. The van der Waals surface area contributed by atoms with Crippen LogP contribution in [-0.2, 0) is 24.1 Å². The number of carbonyl (C=O) groups is 1. The molecule has 1 heterocycles.